The highest BCUT2D eigenvalue weighted by molar-refractivity contribution is 7.17. The van der Waals surface area contributed by atoms with Crippen molar-refractivity contribution >= 4 is 39.0 Å². The Labute approximate surface area is 142 Å². The number of aliphatic hydroxyl groups excluding tert-OH is 1. The summed E-state index contributed by atoms with van der Waals surface area (Å²) in [4.78, 5) is 9.26. The van der Waals surface area contributed by atoms with E-state index in [4.69, 9.17) is 11.6 Å². The fourth-order valence-electron chi connectivity index (χ4n) is 2.21. The molecule has 0 saturated heterocycles. The van der Waals surface area contributed by atoms with Crippen LogP contribution in [0.25, 0.3) is 21.3 Å². The van der Waals surface area contributed by atoms with Gasteiger partial charge in [-0.3, -0.25) is 0 Å². The van der Waals surface area contributed by atoms with Gasteiger partial charge in [0.1, 0.15) is 16.5 Å². The van der Waals surface area contributed by atoms with Gasteiger partial charge < -0.3 is 10.4 Å². The number of anilines is 1. The highest BCUT2D eigenvalue weighted by Crippen LogP contribution is 2.38. The summed E-state index contributed by atoms with van der Waals surface area (Å²) in [7, 11) is 0. The lowest BCUT2D eigenvalue weighted by Crippen LogP contribution is -2.35. The van der Waals surface area contributed by atoms with Gasteiger partial charge in [0.25, 0.3) is 0 Å². The molecule has 1 aromatic carbocycles. The molecule has 0 amide bonds. The Morgan fingerprint density at radius 1 is 1.26 bits per heavy atom. The molecule has 0 atom stereocenters. The summed E-state index contributed by atoms with van der Waals surface area (Å²) in [5.74, 6) is 0.270. The largest absolute Gasteiger partial charge is 0.394 e. The molecule has 2 N–H and O–H groups in total. The van der Waals surface area contributed by atoms with Gasteiger partial charge in [0.05, 0.1) is 17.5 Å². The Balaban J connectivity index is 2.19. The van der Waals surface area contributed by atoms with E-state index in [1.165, 1.54) is 23.5 Å². The maximum Gasteiger partial charge on any atom is 0.225 e. The minimum atomic E-state index is -0.563. The maximum absolute atomic E-state index is 13.2. The standard InChI is InChI=1S/C16H15ClFN3OS/c1-16(2,8-22)21-13-12-11(9-3-5-10(18)6-4-9)7-23-14(12)20-15(17)19-13/h3-7,22H,8H2,1-2H3,(H,19,20,21). The zero-order chi connectivity index (χ0) is 16.6. The first-order valence-corrected chi connectivity index (χ1v) is 8.25. The molecule has 120 valence electrons. The molecule has 0 aliphatic rings. The summed E-state index contributed by atoms with van der Waals surface area (Å²) in [5.41, 5.74) is 1.21. The van der Waals surface area contributed by atoms with Crippen LogP contribution in [0.3, 0.4) is 0 Å². The zero-order valence-corrected chi connectivity index (χ0v) is 14.2. The fourth-order valence-corrected chi connectivity index (χ4v) is 3.37. The molecule has 4 nitrogen and oxygen atoms in total. The number of hydrogen-bond acceptors (Lipinski definition) is 5. The highest BCUT2D eigenvalue weighted by atomic mass is 35.5. The van der Waals surface area contributed by atoms with Gasteiger partial charge in [0.2, 0.25) is 5.28 Å². The van der Waals surface area contributed by atoms with E-state index < -0.39 is 5.54 Å². The van der Waals surface area contributed by atoms with Crippen LogP contribution in [0, 0.1) is 5.82 Å². The SMILES string of the molecule is CC(C)(CO)Nc1nc(Cl)nc2scc(-c3ccc(F)cc3)c12. The number of aromatic nitrogens is 2. The Hall–Kier alpha value is -1.76. The predicted molar refractivity (Wildman–Crippen MR) is 92.6 cm³/mol. The van der Waals surface area contributed by atoms with Gasteiger partial charge in [0, 0.05) is 10.9 Å². The second-order valence-corrected chi connectivity index (χ2v) is 7.04. The molecule has 0 radical (unpaired) electrons. The molecule has 23 heavy (non-hydrogen) atoms. The van der Waals surface area contributed by atoms with Gasteiger partial charge in [-0.05, 0) is 43.1 Å². The van der Waals surface area contributed by atoms with Crippen molar-refractivity contribution in [2.75, 3.05) is 11.9 Å². The van der Waals surface area contributed by atoms with E-state index in [9.17, 15) is 9.50 Å². The van der Waals surface area contributed by atoms with Crippen molar-refractivity contribution in [2.45, 2.75) is 19.4 Å². The Kier molecular flexibility index (Phi) is 4.23. The number of thiophene rings is 1. The smallest absolute Gasteiger partial charge is 0.225 e. The Bertz CT molecular complexity index is 848. The van der Waals surface area contributed by atoms with Gasteiger partial charge in [0.15, 0.2) is 0 Å². The van der Waals surface area contributed by atoms with Crippen LogP contribution < -0.4 is 5.32 Å². The first-order valence-electron chi connectivity index (χ1n) is 6.99. The average molecular weight is 352 g/mol. The fraction of sp³-hybridized carbons (Fsp3) is 0.250. The molecule has 0 saturated carbocycles. The Morgan fingerprint density at radius 2 is 1.96 bits per heavy atom. The molecule has 0 aliphatic heterocycles. The number of nitrogens with zero attached hydrogens (tertiary/aromatic N) is 2. The average Bonchev–Trinajstić information content (AvgIpc) is 2.91. The van der Waals surface area contributed by atoms with E-state index in [1.807, 2.05) is 19.2 Å². The van der Waals surface area contributed by atoms with Gasteiger partial charge >= 0.3 is 0 Å². The highest BCUT2D eigenvalue weighted by Gasteiger charge is 2.21. The van der Waals surface area contributed by atoms with Crippen molar-refractivity contribution in [1.82, 2.24) is 9.97 Å². The topological polar surface area (TPSA) is 58.0 Å². The minimum Gasteiger partial charge on any atom is -0.394 e. The number of benzene rings is 1. The number of rotatable bonds is 4. The molecular formula is C16H15ClFN3OS. The summed E-state index contributed by atoms with van der Waals surface area (Å²) in [6, 6.07) is 6.26. The van der Waals surface area contributed by atoms with Crippen molar-refractivity contribution in [2.24, 2.45) is 0 Å². The van der Waals surface area contributed by atoms with Crippen LogP contribution in [0.1, 0.15) is 13.8 Å². The summed E-state index contributed by atoms with van der Waals surface area (Å²) < 4.78 is 13.2. The van der Waals surface area contributed by atoms with Crippen LogP contribution in [-0.4, -0.2) is 27.2 Å². The summed E-state index contributed by atoms with van der Waals surface area (Å²) in [6.45, 7) is 3.66. The van der Waals surface area contributed by atoms with Crippen LogP contribution in [0.2, 0.25) is 5.28 Å². The second kappa shape index (κ2) is 6.03. The third-order valence-electron chi connectivity index (χ3n) is 3.41. The summed E-state index contributed by atoms with van der Waals surface area (Å²) in [5, 5.41) is 15.6. The lowest BCUT2D eigenvalue weighted by Gasteiger charge is -2.24. The third kappa shape index (κ3) is 3.29. The maximum atomic E-state index is 13.2. The van der Waals surface area contributed by atoms with Crippen LogP contribution in [-0.2, 0) is 0 Å². The molecule has 2 heterocycles. The van der Waals surface area contributed by atoms with E-state index in [-0.39, 0.29) is 17.7 Å². The van der Waals surface area contributed by atoms with E-state index in [0.29, 0.717) is 5.82 Å². The van der Waals surface area contributed by atoms with E-state index in [1.54, 1.807) is 12.1 Å². The second-order valence-electron chi connectivity index (χ2n) is 5.84. The Morgan fingerprint density at radius 3 is 2.61 bits per heavy atom. The van der Waals surface area contributed by atoms with E-state index >= 15 is 0 Å². The molecule has 3 aromatic rings. The van der Waals surface area contributed by atoms with Crippen molar-refractivity contribution in [3.8, 4) is 11.1 Å². The lowest BCUT2D eigenvalue weighted by molar-refractivity contribution is 0.234. The quantitative estimate of drug-likeness (QED) is 0.687. The molecule has 0 fully saturated rings. The van der Waals surface area contributed by atoms with Crippen molar-refractivity contribution in [3.05, 3.63) is 40.7 Å². The lowest BCUT2D eigenvalue weighted by atomic mass is 10.0. The molecule has 0 bridgehead atoms. The molecule has 2 aromatic heterocycles. The van der Waals surface area contributed by atoms with Gasteiger partial charge in [-0.15, -0.1) is 11.3 Å². The third-order valence-corrected chi connectivity index (χ3v) is 4.45. The molecular weight excluding hydrogens is 337 g/mol. The van der Waals surface area contributed by atoms with Crippen LogP contribution in [0.4, 0.5) is 10.2 Å². The molecule has 3 rings (SSSR count). The predicted octanol–water partition coefficient (Wildman–Crippen LogP) is 4.33. The first kappa shape index (κ1) is 16.1. The number of hydrogen-bond donors (Lipinski definition) is 2. The summed E-state index contributed by atoms with van der Waals surface area (Å²) >= 11 is 7.45. The van der Waals surface area contributed by atoms with Crippen LogP contribution in [0.5, 0.6) is 0 Å². The molecule has 0 aliphatic carbocycles. The number of nitrogens with one attached hydrogen (secondary N) is 1. The van der Waals surface area contributed by atoms with E-state index in [0.717, 1.165) is 21.3 Å². The van der Waals surface area contributed by atoms with Crippen LogP contribution >= 0.6 is 22.9 Å². The van der Waals surface area contributed by atoms with Gasteiger partial charge in [-0.25, -0.2) is 14.4 Å². The van der Waals surface area contributed by atoms with Crippen LogP contribution in [0.15, 0.2) is 29.6 Å². The first-order chi connectivity index (χ1) is 10.9. The molecule has 0 spiro atoms. The molecule has 7 heteroatoms. The van der Waals surface area contributed by atoms with Crippen molar-refractivity contribution in [1.29, 1.82) is 0 Å². The minimum absolute atomic E-state index is 0.0634. The van der Waals surface area contributed by atoms with E-state index in [2.05, 4.69) is 15.3 Å². The number of halogens is 2. The molecule has 0 unspecified atom stereocenters. The number of fused-ring (bicyclic) bond motifs is 1. The zero-order valence-electron chi connectivity index (χ0n) is 12.6. The normalized spacial score (nSPS) is 11.9. The van der Waals surface area contributed by atoms with Gasteiger partial charge in [-0.1, -0.05) is 12.1 Å². The van der Waals surface area contributed by atoms with Crippen molar-refractivity contribution in [3.63, 3.8) is 0 Å². The summed E-state index contributed by atoms with van der Waals surface area (Å²) in [6.07, 6.45) is 0. The van der Waals surface area contributed by atoms with Crippen molar-refractivity contribution < 1.29 is 9.50 Å². The number of aliphatic hydroxyl groups is 1. The monoisotopic (exact) mass is 351 g/mol. The van der Waals surface area contributed by atoms with Gasteiger partial charge in [-0.2, -0.15) is 0 Å².